The van der Waals surface area contributed by atoms with Gasteiger partial charge in [-0.3, -0.25) is 4.79 Å². The highest BCUT2D eigenvalue weighted by Crippen LogP contribution is 2.29. The Bertz CT molecular complexity index is 1060. The third-order valence-electron chi connectivity index (χ3n) is 4.97. The van der Waals surface area contributed by atoms with Crippen molar-refractivity contribution >= 4 is 17.7 Å². The van der Waals surface area contributed by atoms with E-state index in [0.717, 1.165) is 11.1 Å². The second-order valence-corrected chi connectivity index (χ2v) is 9.66. The van der Waals surface area contributed by atoms with E-state index >= 15 is 0 Å². The summed E-state index contributed by atoms with van der Waals surface area (Å²) in [4.78, 5) is 12.5. The Hall–Kier alpha value is -3.00. The molecule has 32 heavy (non-hydrogen) atoms. The Balaban J connectivity index is 1.57. The number of nitrogens with zero attached hydrogens (tertiary/aromatic N) is 2. The van der Waals surface area contributed by atoms with Gasteiger partial charge < -0.3 is 19.2 Å². The Labute approximate surface area is 192 Å². The van der Waals surface area contributed by atoms with Gasteiger partial charge in [0.2, 0.25) is 11.8 Å². The number of thioether (sulfide) groups is 1. The number of ether oxygens (including phenoxy) is 2. The number of amides is 1. The van der Waals surface area contributed by atoms with Gasteiger partial charge in [-0.2, -0.15) is 0 Å². The highest BCUT2D eigenvalue weighted by molar-refractivity contribution is 8.00. The molecule has 0 saturated carbocycles. The van der Waals surface area contributed by atoms with E-state index in [9.17, 15) is 4.79 Å². The van der Waals surface area contributed by atoms with E-state index in [1.807, 2.05) is 30.3 Å². The average molecular weight is 456 g/mol. The lowest BCUT2D eigenvalue weighted by Crippen LogP contribution is -2.30. The quantitative estimate of drug-likeness (QED) is 0.486. The van der Waals surface area contributed by atoms with E-state index in [4.69, 9.17) is 13.9 Å². The van der Waals surface area contributed by atoms with Crippen LogP contribution in [0.5, 0.6) is 11.5 Å². The lowest BCUT2D eigenvalue weighted by molar-refractivity contribution is -0.120. The van der Waals surface area contributed by atoms with Crippen LogP contribution >= 0.6 is 11.8 Å². The first-order valence-corrected chi connectivity index (χ1v) is 11.2. The van der Waals surface area contributed by atoms with Gasteiger partial charge in [0.25, 0.3) is 5.22 Å². The van der Waals surface area contributed by atoms with Crippen LogP contribution in [0.1, 0.15) is 38.8 Å². The van der Waals surface area contributed by atoms with Crippen LogP contribution in [0.25, 0.3) is 11.5 Å². The second kappa shape index (κ2) is 10.1. The first-order chi connectivity index (χ1) is 15.2. The van der Waals surface area contributed by atoms with Crippen molar-refractivity contribution in [1.29, 1.82) is 0 Å². The van der Waals surface area contributed by atoms with Crippen LogP contribution in [0, 0.1) is 0 Å². The molecule has 1 unspecified atom stereocenters. The molecule has 1 aromatic heterocycles. The van der Waals surface area contributed by atoms with E-state index in [1.165, 1.54) is 17.3 Å². The molecule has 1 atom stereocenters. The fourth-order valence-corrected chi connectivity index (χ4v) is 3.72. The normalized spacial score (nSPS) is 12.3. The third-order valence-corrected chi connectivity index (χ3v) is 5.90. The van der Waals surface area contributed by atoms with Crippen molar-refractivity contribution in [1.82, 2.24) is 15.5 Å². The zero-order valence-corrected chi connectivity index (χ0v) is 20.1. The van der Waals surface area contributed by atoms with Crippen LogP contribution in [-0.4, -0.2) is 35.6 Å². The van der Waals surface area contributed by atoms with Gasteiger partial charge in [0, 0.05) is 12.1 Å². The van der Waals surface area contributed by atoms with Gasteiger partial charge in [-0.1, -0.05) is 50.7 Å². The van der Waals surface area contributed by atoms with Crippen LogP contribution in [-0.2, 0) is 16.8 Å². The maximum atomic E-state index is 12.5. The second-order valence-electron chi connectivity index (χ2n) is 8.37. The molecule has 0 aliphatic heterocycles. The lowest BCUT2D eigenvalue weighted by Gasteiger charge is -2.18. The first-order valence-electron chi connectivity index (χ1n) is 10.3. The van der Waals surface area contributed by atoms with E-state index in [-0.39, 0.29) is 11.3 Å². The minimum Gasteiger partial charge on any atom is -0.493 e. The molecule has 1 heterocycles. The Morgan fingerprint density at radius 2 is 1.75 bits per heavy atom. The number of benzene rings is 2. The van der Waals surface area contributed by atoms with Crippen molar-refractivity contribution in [2.24, 2.45) is 0 Å². The van der Waals surface area contributed by atoms with Gasteiger partial charge in [0.1, 0.15) is 0 Å². The summed E-state index contributed by atoms with van der Waals surface area (Å²) in [5.74, 6) is 1.58. The van der Waals surface area contributed by atoms with Gasteiger partial charge in [-0.15, -0.1) is 10.2 Å². The summed E-state index contributed by atoms with van der Waals surface area (Å²) in [7, 11) is 3.17. The van der Waals surface area contributed by atoms with Crippen LogP contribution in [0.4, 0.5) is 0 Å². The van der Waals surface area contributed by atoms with Crippen molar-refractivity contribution in [3.63, 3.8) is 0 Å². The van der Waals surface area contributed by atoms with Gasteiger partial charge in [-0.25, -0.2) is 0 Å². The fourth-order valence-electron chi connectivity index (χ4n) is 3.02. The Morgan fingerprint density at radius 3 is 2.38 bits per heavy atom. The smallest absolute Gasteiger partial charge is 0.277 e. The number of hydrogen-bond donors (Lipinski definition) is 1. The summed E-state index contributed by atoms with van der Waals surface area (Å²) in [6.07, 6.45) is 0. The molecule has 0 spiro atoms. The summed E-state index contributed by atoms with van der Waals surface area (Å²) < 4.78 is 16.3. The molecule has 0 bridgehead atoms. The fraction of sp³-hybridized carbons (Fsp3) is 0.375. The first kappa shape index (κ1) is 23.7. The predicted molar refractivity (Wildman–Crippen MR) is 125 cm³/mol. The topological polar surface area (TPSA) is 86.5 Å². The minimum absolute atomic E-state index is 0.0775. The summed E-state index contributed by atoms with van der Waals surface area (Å²) in [6.45, 7) is 8.68. The highest BCUT2D eigenvalue weighted by atomic mass is 32.2. The number of hydrogen-bond acceptors (Lipinski definition) is 7. The lowest BCUT2D eigenvalue weighted by atomic mass is 9.87. The van der Waals surface area contributed by atoms with Gasteiger partial charge in [0.05, 0.1) is 19.5 Å². The number of carbonyl (C=O) groups is 1. The van der Waals surface area contributed by atoms with Crippen LogP contribution in [0.3, 0.4) is 0 Å². The molecule has 0 aliphatic rings. The molecule has 1 N–H and O–H groups in total. The van der Waals surface area contributed by atoms with Crippen LogP contribution in [0.15, 0.2) is 52.1 Å². The average Bonchev–Trinajstić information content (AvgIpc) is 3.25. The zero-order valence-electron chi connectivity index (χ0n) is 19.3. The molecule has 0 radical (unpaired) electrons. The van der Waals surface area contributed by atoms with Crippen LogP contribution in [0.2, 0.25) is 0 Å². The SMILES string of the molecule is COc1ccc(CNC(=O)C(C)Sc2nnc(-c3ccc(C(C)(C)C)cc3)o2)cc1OC. The van der Waals surface area contributed by atoms with Crippen molar-refractivity contribution < 1.29 is 18.7 Å². The predicted octanol–water partition coefficient (Wildman–Crippen LogP) is 4.85. The van der Waals surface area contributed by atoms with Crippen molar-refractivity contribution in [3.05, 3.63) is 53.6 Å². The summed E-state index contributed by atoms with van der Waals surface area (Å²) >= 11 is 1.23. The monoisotopic (exact) mass is 455 g/mol. The number of aromatic nitrogens is 2. The number of rotatable bonds is 8. The number of carbonyl (C=O) groups excluding carboxylic acids is 1. The summed E-state index contributed by atoms with van der Waals surface area (Å²) in [5, 5.41) is 11.1. The zero-order chi connectivity index (χ0) is 23.3. The molecule has 2 aromatic carbocycles. The maximum absolute atomic E-state index is 12.5. The molecule has 1 amide bonds. The van der Waals surface area contributed by atoms with E-state index in [0.29, 0.717) is 29.2 Å². The standard InChI is InChI=1S/C24H29N3O4S/c1-15(21(28)25-14-16-7-12-19(29-5)20(13-16)30-6)32-23-27-26-22(31-23)17-8-10-18(11-9-17)24(2,3)4/h7-13,15H,14H2,1-6H3,(H,25,28). The molecule has 0 fully saturated rings. The summed E-state index contributed by atoms with van der Waals surface area (Å²) in [5.41, 5.74) is 3.07. The van der Waals surface area contributed by atoms with Crippen molar-refractivity contribution in [2.45, 2.75) is 50.1 Å². The Morgan fingerprint density at radius 1 is 1.06 bits per heavy atom. The van der Waals surface area contributed by atoms with E-state index in [1.54, 1.807) is 21.1 Å². The van der Waals surface area contributed by atoms with Crippen molar-refractivity contribution in [2.75, 3.05) is 14.2 Å². The minimum atomic E-state index is -0.397. The molecule has 3 rings (SSSR count). The van der Waals surface area contributed by atoms with Crippen molar-refractivity contribution in [3.8, 4) is 23.0 Å². The molecule has 7 nitrogen and oxygen atoms in total. The largest absolute Gasteiger partial charge is 0.493 e. The van der Waals surface area contributed by atoms with Gasteiger partial charge in [-0.05, 0) is 47.7 Å². The molecular formula is C24H29N3O4S. The Kier molecular flexibility index (Phi) is 7.45. The van der Waals surface area contributed by atoms with Gasteiger partial charge >= 0.3 is 0 Å². The molecule has 3 aromatic rings. The highest BCUT2D eigenvalue weighted by Gasteiger charge is 2.19. The van der Waals surface area contributed by atoms with E-state index in [2.05, 4.69) is 48.4 Å². The summed E-state index contributed by atoms with van der Waals surface area (Å²) in [6, 6.07) is 13.6. The number of methoxy groups -OCH3 is 2. The molecule has 8 heteroatoms. The number of nitrogens with one attached hydrogen (secondary N) is 1. The molecular weight excluding hydrogens is 426 g/mol. The maximum Gasteiger partial charge on any atom is 0.277 e. The third kappa shape index (κ3) is 5.82. The van der Waals surface area contributed by atoms with E-state index < -0.39 is 5.25 Å². The molecule has 170 valence electrons. The van der Waals surface area contributed by atoms with Gasteiger partial charge in [0.15, 0.2) is 11.5 Å². The molecule has 0 aliphatic carbocycles. The van der Waals surface area contributed by atoms with Crippen LogP contribution < -0.4 is 14.8 Å². The molecule has 0 saturated heterocycles.